The average molecular weight is 447 g/mol. The van der Waals surface area contributed by atoms with Gasteiger partial charge in [0.15, 0.2) is 17.3 Å². The molecule has 166 valence electrons. The molecule has 0 aromatic heterocycles. The zero-order chi connectivity index (χ0) is 22.2. The summed E-state index contributed by atoms with van der Waals surface area (Å²) in [6.07, 6.45) is 2.60. The Morgan fingerprint density at radius 3 is 2.74 bits per heavy atom. The van der Waals surface area contributed by atoms with E-state index < -0.39 is 11.7 Å². The fraction of sp³-hybridized carbons (Fsp3) is 0.458. The van der Waals surface area contributed by atoms with Crippen LogP contribution in [0.15, 0.2) is 36.4 Å². The van der Waals surface area contributed by atoms with Crippen LogP contribution in [-0.4, -0.2) is 51.2 Å². The highest BCUT2D eigenvalue weighted by Crippen LogP contribution is 2.49. The van der Waals surface area contributed by atoms with Gasteiger partial charge in [0.1, 0.15) is 0 Å². The van der Waals surface area contributed by atoms with Crippen LogP contribution in [0.4, 0.5) is 4.39 Å². The van der Waals surface area contributed by atoms with E-state index in [0.717, 1.165) is 43.9 Å². The van der Waals surface area contributed by atoms with Gasteiger partial charge in [-0.1, -0.05) is 23.7 Å². The molecular formula is C24H28ClFN2O3. The number of hydrogen-bond donors (Lipinski definition) is 1. The van der Waals surface area contributed by atoms with Gasteiger partial charge in [0, 0.05) is 24.5 Å². The second-order valence-electron chi connectivity index (χ2n) is 8.67. The molecule has 7 heteroatoms. The van der Waals surface area contributed by atoms with Gasteiger partial charge in [-0.15, -0.1) is 0 Å². The average Bonchev–Trinajstić information content (AvgIpc) is 3.11. The van der Waals surface area contributed by atoms with Crippen LogP contribution in [0.1, 0.15) is 35.2 Å². The number of nitrogens with one attached hydrogen (secondary N) is 1. The number of rotatable bonds is 5. The molecule has 1 N–H and O–H groups in total. The van der Waals surface area contributed by atoms with Crippen LogP contribution in [0.3, 0.4) is 0 Å². The SMILES string of the molecule is COc1ccc([C@@]23CC[C@@H](NC(=O)c4cccc(Cl)c4F)C[C@@H]2CN(C)C3)cc1OC. The Morgan fingerprint density at radius 2 is 2.00 bits per heavy atom. The van der Waals surface area contributed by atoms with Gasteiger partial charge < -0.3 is 19.7 Å². The molecule has 1 amide bonds. The molecule has 1 saturated carbocycles. The van der Waals surface area contributed by atoms with Gasteiger partial charge in [-0.3, -0.25) is 4.79 Å². The maximum Gasteiger partial charge on any atom is 0.254 e. The van der Waals surface area contributed by atoms with Gasteiger partial charge in [-0.05, 0) is 62.1 Å². The third-order valence-corrected chi connectivity index (χ3v) is 7.16. The first-order valence-electron chi connectivity index (χ1n) is 10.5. The molecule has 5 nitrogen and oxygen atoms in total. The predicted octanol–water partition coefficient (Wildman–Crippen LogP) is 4.28. The Balaban J connectivity index is 1.55. The van der Waals surface area contributed by atoms with Gasteiger partial charge in [0.25, 0.3) is 5.91 Å². The highest BCUT2D eigenvalue weighted by Gasteiger charge is 2.50. The van der Waals surface area contributed by atoms with Crippen LogP contribution < -0.4 is 14.8 Å². The summed E-state index contributed by atoms with van der Waals surface area (Å²) in [4.78, 5) is 15.0. The topological polar surface area (TPSA) is 50.8 Å². The monoisotopic (exact) mass is 446 g/mol. The Labute approximate surface area is 187 Å². The molecule has 0 spiro atoms. The van der Waals surface area contributed by atoms with E-state index in [4.69, 9.17) is 21.1 Å². The van der Waals surface area contributed by atoms with E-state index in [0.29, 0.717) is 5.92 Å². The lowest BCUT2D eigenvalue weighted by Crippen LogP contribution is -2.47. The summed E-state index contributed by atoms with van der Waals surface area (Å²) in [6, 6.07) is 10.7. The van der Waals surface area contributed by atoms with Gasteiger partial charge in [-0.25, -0.2) is 4.39 Å². The smallest absolute Gasteiger partial charge is 0.254 e. The largest absolute Gasteiger partial charge is 0.493 e. The molecule has 2 aromatic carbocycles. The minimum absolute atomic E-state index is 0.00314. The molecule has 31 heavy (non-hydrogen) atoms. The van der Waals surface area contributed by atoms with E-state index in [1.807, 2.05) is 6.07 Å². The number of likely N-dealkylation sites (N-methyl/N-ethyl adjacent to an activating group) is 1. The summed E-state index contributed by atoms with van der Waals surface area (Å²) in [6.45, 7) is 1.91. The molecule has 1 aliphatic carbocycles. The lowest BCUT2D eigenvalue weighted by Gasteiger charge is -2.43. The molecule has 1 aliphatic heterocycles. The number of carbonyl (C=O) groups excluding carboxylic acids is 1. The third kappa shape index (κ3) is 3.99. The zero-order valence-electron chi connectivity index (χ0n) is 18.1. The Hall–Kier alpha value is -2.31. The second kappa shape index (κ2) is 8.67. The Bertz CT molecular complexity index is 985. The van der Waals surface area contributed by atoms with Crippen molar-refractivity contribution in [2.45, 2.75) is 30.7 Å². The van der Waals surface area contributed by atoms with Crippen molar-refractivity contribution in [1.29, 1.82) is 0 Å². The highest BCUT2D eigenvalue weighted by atomic mass is 35.5. The Kier molecular flexibility index (Phi) is 6.13. The molecule has 1 saturated heterocycles. The van der Waals surface area contributed by atoms with E-state index in [-0.39, 0.29) is 22.0 Å². The number of nitrogens with zero attached hydrogens (tertiary/aromatic N) is 1. The number of methoxy groups -OCH3 is 2. The van der Waals surface area contributed by atoms with Crippen LogP contribution in [0.5, 0.6) is 11.5 Å². The van der Waals surface area contributed by atoms with Crippen LogP contribution in [0.2, 0.25) is 5.02 Å². The maximum absolute atomic E-state index is 14.3. The zero-order valence-corrected chi connectivity index (χ0v) is 18.8. The second-order valence-corrected chi connectivity index (χ2v) is 9.07. The molecule has 0 unspecified atom stereocenters. The van der Waals surface area contributed by atoms with E-state index in [2.05, 4.69) is 29.4 Å². The number of hydrogen-bond acceptors (Lipinski definition) is 4. The lowest BCUT2D eigenvalue weighted by atomic mass is 9.63. The fourth-order valence-electron chi connectivity index (χ4n) is 5.39. The van der Waals surface area contributed by atoms with Crippen molar-refractivity contribution in [3.05, 3.63) is 58.4 Å². The number of benzene rings is 2. The highest BCUT2D eigenvalue weighted by molar-refractivity contribution is 6.31. The summed E-state index contributed by atoms with van der Waals surface area (Å²) >= 11 is 5.84. The molecular weight excluding hydrogens is 419 g/mol. The number of fused-ring (bicyclic) bond motifs is 1. The van der Waals surface area contributed by atoms with Crippen molar-refractivity contribution in [2.75, 3.05) is 34.4 Å². The lowest BCUT2D eigenvalue weighted by molar-refractivity contribution is 0.0900. The van der Waals surface area contributed by atoms with Crippen molar-refractivity contribution in [1.82, 2.24) is 10.2 Å². The van der Waals surface area contributed by atoms with Gasteiger partial charge in [0.2, 0.25) is 0 Å². The predicted molar refractivity (Wildman–Crippen MR) is 119 cm³/mol. The minimum atomic E-state index is -0.669. The Morgan fingerprint density at radius 1 is 1.23 bits per heavy atom. The minimum Gasteiger partial charge on any atom is -0.493 e. The summed E-state index contributed by atoms with van der Waals surface area (Å²) in [5.74, 6) is 0.746. The van der Waals surface area contributed by atoms with Crippen LogP contribution >= 0.6 is 11.6 Å². The van der Waals surface area contributed by atoms with Gasteiger partial charge in [-0.2, -0.15) is 0 Å². The molecule has 3 atom stereocenters. The van der Waals surface area contributed by atoms with Crippen molar-refractivity contribution >= 4 is 17.5 Å². The van der Waals surface area contributed by atoms with Crippen LogP contribution in [0.25, 0.3) is 0 Å². The molecule has 2 fully saturated rings. The normalized spacial score (nSPS) is 25.7. The summed E-state index contributed by atoms with van der Waals surface area (Å²) in [5.41, 5.74) is 1.23. The van der Waals surface area contributed by atoms with Crippen molar-refractivity contribution < 1.29 is 18.7 Å². The summed E-state index contributed by atoms with van der Waals surface area (Å²) < 4.78 is 25.2. The number of carbonyl (C=O) groups is 1. The van der Waals surface area contributed by atoms with Crippen molar-refractivity contribution in [2.24, 2.45) is 5.92 Å². The van der Waals surface area contributed by atoms with Crippen LogP contribution in [0, 0.1) is 11.7 Å². The molecule has 2 aromatic rings. The maximum atomic E-state index is 14.3. The first-order chi connectivity index (χ1) is 14.9. The molecule has 0 radical (unpaired) electrons. The molecule has 1 heterocycles. The van der Waals surface area contributed by atoms with E-state index in [1.165, 1.54) is 17.7 Å². The van der Waals surface area contributed by atoms with E-state index >= 15 is 0 Å². The number of halogens is 2. The first-order valence-corrected chi connectivity index (χ1v) is 10.9. The third-order valence-electron chi connectivity index (χ3n) is 6.86. The van der Waals surface area contributed by atoms with Crippen molar-refractivity contribution in [3.8, 4) is 11.5 Å². The van der Waals surface area contributed by atoms with Gasteiger partial charge in [0.05, 0.1) is 24.8 Å². The number of likely N-dealkylation sites (tertiary alicyclic amines) is 1. The summed E-state index contributed by atoms with van der Waals surface area (Å²) in [7, 11) is 5.42. The molecule has 4 rings (SSSR count). The van der Waals surface area contributed by atoms with Crippen molar-refractivity contribution in [3.63, 3.8) is 0 Å². The molecule has 2 aliphatic rings. The van der Waals surface area contributed by atoms with E-state index in [1.54, 1.807) is 20.3 Å². The fourth-order valence-corrected chi connectivity index (χ4v) is 5.57. The molecule has 0 bridgehead atoms. The number of amides is 1. The number of ether oxygens (including phenoxy) is 2. The standard InChI is InChI=1S/C24H28ClFN2O3/c1-28-13-16-11-17(27-23(29)18-5-4-6-19(25)22(18)26)9-10-24(16,14-28)15-7-8-20(30-2)21(12-15)31-3/h4-8,12,16-17H,9-11,13-14H2,1-3H3,(H,27,29)/t16-,17-,24+/m1/s1. The van der Waals surface area contributed by atoms with Gasteiger partial charge >= 0.3 is 0 Å². The first kappa shape index (κ1) is 21.9. The summed E-state index contributed by atoms with van der Waals surface area (Å²) in [5, 5.41) is 3.00. The van der Waals surface area contributed by atoms with E-state index in [9.17, 15) is 9.18 Å². The van der Waals surface area contributed by atoms with Crippen LogP contribution in [-0.2, 0) is 5.41 Å². The quantitative estimate of drug-likeness (QED) is 0.744.